The number of non-ortho nitro benzene ring substituents is 1. The molecule has 0 aliphatic carbocycles. The van der Waals surface area contributed by atoms with Gasteiger partial charge in [-0.25, -0.2) is 10.4 Å². The fraction of sp³-hybridized carbons (Fsp3) is 0.0556. The predicted octanol–water partition coefficient (Wildman–Crippen LogP) is 3.98. The van der Waals surface area contributed by atoms with Crippen LogP contribution in [0.15, 0.2) is 58.2 Å². The number of amides is 1. The van der Waals surface area contributed by atoms with Crippen molar-refractivity contribution in [2.24, 2.45) is 5.10 Å². The van der Waals surface area contributed by atoms with E-state index in [1.807, 2.05) is 0 Å². The molecule has 0 saturated heterocycles. The zero-order chi connectivity index (χ0) is 19.4. The van der Waals surface area contributed by atoms with Crippen LogP contribution >= 0.6 is 11.6 Å². The Hall–Kier alpha value is -3.52. The highest BCUT2D eigenvalue weighted by Crippen LogP contribution is 2.28. The molecular weight excluding hydrogens is 372 g/mol. The summed E-state index contributed by atoms with van der Waals surface area (Å²) in [5.41, 5.74) is 4.00. The van der Waals surface area contributed by atoms with Crippen LogP contribution in [0.3, 0.4) is 0 Å². The Labute approximate surface area is 158 Å². The molecule has 0 aliphatic rings. The lowest BCUT2D eigenvalue weighted by atomic mass is 10.1. The molecule has 1 aromatic carbocycles. The van der Waals surface area contributed by atoms with Gasteiger partial charge in [-0.1, -0.05) is 11.6 Å². The first-order chi connectivity index (χ1) is 13.0. The van der Waals surface area contributed by atoms with Crippen molar-refractivity contribution in [3.63, 3.8) is 0 Å². The number of nitrogens with zero attached hydrogens (tertiary/aromatic N) is 3. The van der Waals surface area contributed by atoms with Crippen LogP contribution in [-0.2, 0) is 0 Å². The van der Waals surface area contributed by atoms with Gasteiger partial charge in [0.2, 0.25) is 0 Å². The van der Waals surface area contributed by atoms with E-state index in [-0.39, 0.29) is 16.4 Å². The van der Waals surface area contributed by atoms with Crippen molar-refractivity contribution >= 4 is 29.4 Å². The minimum absolute atomic E-state index is 0.0152. The lowest BCUT2D eigenvalue weighted by Gasteiger charge is -2.02. The number of hydrogen-bond acceptors (Lipinski definition) is 6. The van der Waals surface area contributed by atoms with Gasteiger partial charge in [0.15, 0.2) is 0 Å². The van der Waals surface area contributed by atoms with Gasteiger partial charge in [0.1, 0.15) is 16.7 Å². The van der Waals surface area contributed by atoms with Crippen LogP contribution in [0.2, 0.25) is 5.15 Å². The number of carbonyl (C=O) groups is 1. The van der Waals surface area contributed by atoms with Gasteiger partial charge >= 0.3 is 0 Å². The van der Waals surface area contributed by atoms with Crippen molar-refractivity contribution in [3.05, 3.63) is 80.8 Å². The van der Waals surface area contributed by atoms with Crippen LogP contribution in [0.4, 0.5) is 5.69 Å². The third kappa shape index (κ3) is 4.18. The van der Waals surface area contributed by atoms with E-state index >= 15 is 0 Å². The molecule has 0 unspecified atom stereocenters. The lowest BCUT2D eigenvalue weighted by molar-refractivity contribution is -0.384. The number of nitrogens with one attached hydrogen (secondary N) is 1. The molecule has 1 N–H and O–H groups in total. The Morgan fingerprint density at radius 2 is 2.15 bits per heavy atom. The number of furan rings is 1. The first-order valence-electron chi connectivity index (χ1n) is 7.75. The molecule has 136 valence electrons. The first-order valence-corrected chi connectivity index (χ1v) is 8.12. The summed E-state index contributed by atoms with van der Waals surface area (Å²) >= 11 is 5.85. The summed E-state index contributed by atoms with van der Waals surface area (Å²) in [6, 6.07) is 11.0. The van der Waals surface area contributed by atoms with Crippen molar-refractivity contribution in [1.29, 1.82) is 0 Å². The fourth-order valence-corrected chi connectivity index (χ4v) is 2.58. The SMILES string of the molecule is Cc1cc([N+](=O)[O-])ccc1-c1ccc(C=NNC(=O)c2cccnc2Cl)o1. The van der Waals surface area contributed by atoms with Crippen molar-refractivity contribution in [2.45, 2.75) is 6.92 Å². The van der Waals surface area contributed by atoms with Crippen molar-refractivity contribution in [3.8, 4) is 11.3 Å². The summed E-state index contributed by atoms with van der Waals surface area (Å²) < 4.78 is 5.65. The average molecular weight is 385 g/mol. The molecule has 3 aromatic rings. The molecule has 0 spiro atoms. The smallest absolute Gasteiger partial charge is 0.274 e. The summed E-state index contributed by atoms with van der Waals surface area (Å²) in [7, 11) is 0. The number of benzene rings is 1. The Morgan fingerprint density at radius 3 is 2.85 bits per heavy atom. The van der Waals surface area contributed by atoms with Crippen LogP contribution in [0, 0.1) is 17.0 Å². The molecule has 3 rings (SSSR count). The molecule has 0 fully saturated rings. The maximum atomic E-state index is 12.0. The van der Waals surface area contributed by atoms with E-state index in [0.29, 0.717) is 17.1 Å². The van der Waals surface area contributed by atoms with E-state index in [1.54, 1.807) is 31.2 Å². The number of carbonyl (C=O) groups excluding carboxylic acids is 1. The molecule has 27 heavy (non-hydrogen) atoms. The molecule has 0 radical (unpaired) electrons. The molecule has 8 nitrogen and oxygen atoms in total. The van der Waals surface area contributed by atoms with E-state index in [1.165, 1.54) is 30.6 Å². The third-order valence-electron chi connectivity index (χ3n) is 3.67. The molecule has 0 atom stereocenters. The van der Waals surface area contributed by atoms with Crippen molar-refractivity contribution in [2.75, 3.05) is 0 Å². The van der Waals surface area contributed by atoms with Crippen molar-refractivity contribution in [1.82, 2.24) is 10.4 Å². The van der Waals surface area contributed by atoms with Gasteiger partial charge in [-0.05, 0) is 42.8 Å². The fourth-order valence-electron chi connectivity index (χ4n) is 2.38. The second kappa shape index (κ2) is 7.79. The highest BCUT2D eigenvalue weighted by atomic mass is 35.5. The monoisotopic (exact) mass is 384 g/mol. The topological polar surface area (TPSA) is 111 Å². The maximum Gasteiger partial charge on any atom is 0.274 e. The van der Waals surface area contributed by atoms with Crippen LogP contribution in [0.1, 0.15) is 21.7 Å². The van der Waals surface area contributed by atoms with E-state index in [4.69, 9.17) is 16.0 Å². The minimum atomic E-state index is -0.498. The van der Waals surface area contributed by atoms with Gasteiger partial charge in [-0.15, -0.1) is 0 Å². The molecule has 0 aliphatic heterocycles. The summed E-state index contributed by atoms with van der Waals surface area (Å²) in [6.45, 7) is 1.76. The van der Waals surface area contributed by atoms with Crippen LogP contribution < -0.4 is 5.43 Å². The zero-order valence-corrected chi connectivity index (χ0v) is 14.8. The van der Waals surface area contributed by atoms with Crippen LogP contribution in [0.25, 0.3) is 11.3 Å². The largest absolute Gasteiger partial charge is 0.455 e. The van der Waals surface area contributed by atoms with Gasteiger partial charge in [-0.3, -0.25) is 14.9 Å². The first kappa shape index (κ1) is 18.3. The molecule has 1 amide bonds. The number of hydrogen-bond donors (Lipinski definition) is 1. The normalized spacial score (nSPS) is 10.9. The zero-order valence-electron chi connectivity index (χ0n) is 14.0. The Kier molecular flexibility index (Phi) is 5.28. The number of halogens is 1. The number of hydrazone groups is 1. The van der Waals surface area contributed by atoms with Gasteiger partial charge in [0.05, 0.1) is 16.7 Å². The molecule has 0 bridgehead atoms. The summed E-state index contributed by atoms with van der Waals surface area (Å²) in [5.74, 6) is 0.438. The minimum Gasteiger partial charge on any atom is -0.455 e. The highest BCUT2D eigenvalue weighted by Gasteiger charge is 2.12. The van der Waals surface area contributed by atoms with E-state index in [9.17, 15) is 14.9 Å². The highest BCUT2D eigenvalue weighted by molar-refractivity contribution is 6.32. The predicted molar refractivity (Wildman–Crippen MR) is 99.8 cm³/mol. The quantitative estimate of drug-likeness (QED) is 0.309. The number of nitro groups is 1. The summed E-state index contributed by atoms with van der Waals surface area (Å²) in [6.07, 6.45) is 2.82. The van der Waals surface area contributed by atoms with Crippen LogP contribution in [0.5, 0.6) is 0 Å². The molecule has 0 saturated carbocycles. The number of nitro benzene ring substituents is 1. The number of aromatic nitrogens is 1. The van der Waals surface area contributed by atoms with Crippen LogP contribution in [-0.4, -0.2) is 22.0 Å². The number of pyridine rings is 1. The average Bonchev–Trinajstić information content (AvgIpc) is 3.10. The molecular formula is C18H13ClN4O4. The molecule has 2 aromatic heterocycles. The van der Waals surface area contributed by atoms with E-state index < -0.39 is 10.8 Å². The summed E-state index contributed by atoms with van der Waals surface area (Å²) in [4.78, 5) is 26.2. The Morgan fingerprint density at radius 1 is 1.33 bits per heavy atom. The molecule has 9 heteroatoms. The second-order valence-corrected chi connectivity index (χ2v) is 5.86. The van der Waals surface area contributed by atoms with Gasteiger partial charge in [0.25, 0.3) is 11.6 Å². The Bertz CT molecular complexity index is 1050. The van der Waals surface area contributed by atoms with Gasteiger partial charge < -0.3 is 4.42 Å². The Balaban J connectivity index is 1.71. The third-order valence-corrected chi connectivity index (χ3v) is 3.98. The van der Waals surface area contributed by atoms with E-state index in [0.717, 1.165) is 5.56 Å². The lowest BCUT2D eigenvalue weighted by Crippen LogP contribution is -2.18. The van der Waals surface area contributed by atoms with Gasteiger partial charge in [-0.2, -0.15) is 5.10 Å². The maximum absolute atomic E-state index is 12.0. The van der Waals surface area contributed by atoms with Gasteiger partial charge in [0, 0.05) is 23.9 Å². The number of rotatable bonds is 5. The molecule has 2 heterocycles. The van der Waals surface area contributed by atoms with E-state index in [2.05, 4.69) is 15.5 Å². The second-order valence-electron chi connectivity index (χ2n) is 5.50. The summed E-state index contributed by atoms with van der Waals surface area (Å²) in [5, 5.41) is 14.7. The standard InChI is InChI=1S/C18H13ClN4O4/c1-11-9-12(23(25)26)4-6-14(11)16-7-5-13(27-16)10-21-22-18(24)15-3-2-8-20-17(15)19/h2-10H,1H3,(H,22,24). The number of aryl methyl sites for hydroxylation is 1. The van der Waals surface area contributed by atoms with Crippen molar-refractivity contribution < 1.29 is 14.1 Å².